The summed E-state index contributed by atoms with van der Waals surface area (Å²) in [5.74, 6) is -3.58. The Kier molecular flexibility index (Phi) is 5.45. The lowest BCUT2D eigenvalue weighted by Crippen LogP contribution is -2.33. The Balaban J connectivity index is 2.77. The molecule has 108 valence electrons. The van der Waals surface area contributed by atoms with Crippen LogP contribution >= 0.6 is 0 Å². The van der Waals surface area contributed by atoms with Gasteiger partial charge in [0.25, 0.3) is 5.78 Å². The average Bonchev–Trinajstić information content (AvgIpc) is 2.45. The highest BCUT2D eigenvalue weighted by Crippen LogP contribution is 2.10. The van der Waals surface area contributed by atoms with Crippen LogP contribution in [-0.2, 0) is 20.7 Å². The molecule has 1 rings (SSSR count). The van der Waals surface area contributed by atoms with Crippen LogP contribution in [0.25, 0.3) is 0 Å². The Labute approximate surface area is 113 Å². The van der Waals surface area contributed by atoms with Crippen LogP contribution in [0.1, 0.15) is 15.9 Å². The largest absolute Gasteiger partial charge is 0.468 e. The van der Waals surface area contributed by atoms with Gasteiger partial charge in [-0.25, -0.2) is 8.78 Å². The van der Waals surface area contributed by atoms with E-state index in [1.165, 1.54) is 31.4 Å². The van der Waals surface area contributed by atoms with Gasteiger partial charge in [-0.2, -0.15) is 0 Å². The number of methoxy groups -OCH3 is 1. The number of benzene rings is 1. The molecule has 0 aromatic heterocycles. The molecule has 0 heterocycles. The number of hydrogen-bond acceptors (Lipinski definition) is 5. The van der Waals surface area contributed by atoms with Gasteiger partial charge >= 0.3 is 12.4 Å². The van der Waals surface area contributed by atoms with Gasteiger partial charge in [0.1, 0.15) is 6.04 Å². The first kappa shape index (κ1) is 15.9. The van der Waals surface area contributed by atoms with Gasteiger partial charge in [-0.15, -0.1) is 0 Å². The molecule has 0 radical (unpaired) electrons. The monoisotopic (exact) mass is 285 g/mol. The van der Waals surface area contributed by atoms with E-state index in [-0.39, 0.29) is 12.0 Å². The number of Topliss-reactive ketones (excluding diaryl/α,β-unsaturated/α-hetero) is 2. The number of ketones is 2. The molecule has 5 nitrogen and oxygen atoms in total. The molecule has 0 bridgehead atoms. The summed E-state index contributed by atoms with van der Waals surface area (Å²) >= 11 is 0. The highest BCUT2D eigenvalue weighted by molar-refractivity contribution is 6.44. The number of rotatable bonds is 6. The topological polar surface area (TPSA) is 86.5 Å². The van der Waals surface area contributed by atoms with Crippen molar-refractivity contribution >= 4 is 17.5 Å². The van der Waals surface area contributed by atoms with Crippen LogP contribution in [0.4, 0.5) is 8.78 Å². The summed E-state index contributed by atoms with van der Waals surface area (Å²) < 4.78 is 28.7. The van der Waals surface area contributed by atoms with Crippen molar-refractivity contribution < 1.29 is 27.9 Å². The van der Waals surface area contributed by atoms with Crippen LogP contribution in [0, 0.1) is 0 Å². The Morgan fingerprint density at radius 2 is 1.75 bits per heavy atom. The summed E-state index contributed by atoms with van der Waals surface area (Å²) in [6.45, 7) is 0. The Morgan fingerprint density at radius 3 is 2.20 bits per heavy atom. The van der Waals surface area contributed by atoms with E-state index in [9.17, 15) is 23.2 Å². The maximum Gasteiger partial charge on any atom is 0.322 e. The van der Waals surface area contributed by atoms with Gasteiger partial charge in [0.05, 0.1) is 7.11 Å². The van der Waals surface area contributed by atoms with Crippen LogP contribution < -0.4 is 5.73 Å². The van der Waals surface area contributed by atoms with Crippen LogP contribution in [0.2, 0.25) is 0 Å². The number of carbonyl (C=O) groups is 3. The van der Waals surface area contributed by atoms with E-state index < -0.39 is 30.0 Å². The minimum absolute atomic E-state index is 0.134. The van der Waals surface area contributed by atoms with E-state index in [2.05, 4.69) is 4.74 Å². The molecule has 1 aromatic rings. The van der Waals surface area contributed by atoms with Crippen molar-refractivity contribution in [2.75, 3.05) is 7.11 Å². The number of ether oxygens (including phenoxy) is 1. The summed E-state index contributed by atoms with van der Waals surface area (Å²) in [5.41, 5.74) is 6.03. The smallest absolute Gasteiger partial charge is 0.322 e. The molecular weight excluding hydrogens is 272 g/mol. The lowest BCUT2D eigenvalue weighted by molar-refractivity contribution is -0.142. The van der Waals surface area contributed by atoms with Crippen molar-refractivity contribution in [3.05, 3.63) is 35.4 Å². The first-order valence-electron chi connectivity index (χ1n) is 5.66. The lowest BCUT2D eigenvalue weighted by atomic mass is 10.0. The second-order valence-electron chi connectivity index (χ2n) is 4.02. The second kappa shape index (κ2) is 6.85. The van der Waals surface area contributed by atoms with Crippen LogP contribution in [-0.4, -0.2) is 37.1 Å². The molecular formula is C13H13F2NO4. The van der Waals surface area contributed by atoms with Gasteiger partial charge in [-0.05, 0) is 12.0 Å². The van der Waals surface area contributed by atoms with Crippen molar-refractivity contribution in [2.24, 2.45) is 5.73 Å². The summed E-state index contributed by atoms with van der Waals surface area (Å²) in [7, 11) is 1.21. The first-order valence-corrected chi connectivity index (χ1v) is 5.66. The van der Waals surface area contributed by atoms with Crippen molar-refractivity contribution in [3.8, 4) is 0 Å². The minimum Gasteiger partial charge on any atom is -0.468 e. The normalized spacial score (nSPS) is 12.1. The maximum absolute atomic E-state index is 12.1. The number of carbonyl (C=O) groups excluding carboxylic acids is 3. The van der Waals surface area contributed by atoms with E-state index in [1.807, 2.05) is 0 Å². The van der Waals surface area contributed by atoms with Gasteiger partial charge in [0, 0.05) is 5.56 Å². The number of hydrogen-bond donors (Lipinski definition) is 1. The molecule has 0 aliphatic rings. The van der Waals surface area contributed by atoms with E-state index >= 15 is 0 Å². The summed E-state index contributed by atoms with van der Waals surface area (Å²) in [6.07, 6.45) is -3.15. The van der Waals surface area contributed by atoms with Crippen LogP contribution in [0.5, 0.6) is 0 Å². The van der Waals surface area contributed by atoms with Crippen LogP contribution in [0.3, 0.4) is 0 Å². The number of alkyl halides is 2. The Hall–Kier alpha value is -2.15. The molecule has 0 saturated heterocycles. The van der Waals surface area contributed by atoms with Gasteiger partial charge in [-0.1, -0.05) is 24.3 Å². The SMILES string of the molecule is COC(=O)[C@@H](N)Cc1ccc(C(=O)C(=O)C(F)F)cc1. The molecule has 20 heavy (non-hydrogen) atoms. The van der Waals surface area contributed by atoms with Crippen molar-refractivity contribution in [3.63, 3.8) is 0 Å². The zero-order valence-electron chi connectivity index (χ0n) is 10.6. The fraction of sp³-hybridized carbons (Fsp3) is 0.308. The van der Waals surface area contributed by atoms with Gasteiger partial charge in [0.15, 0.2) is 0 Å². The number of nitrogens with two attached hydrogens (primary N) is 1. The fourth-order valence-corrected chi connectivity index (χ4v) is 1.52. The van der Waals surface area contributed by atoms with Gasteiger partial charge < -0.3 is 10.5 Å². The molecule has 0 aliphatic carbocycles. The van der Waals surface area contributed by atoms with Crippen LogP contribution in [0.15, 0.2) is 24.3 Å². The number of esters is 1. The lowest BCUT2D eigenvalue weighted by Gasteiger charge is -2.09. The van der Waals surface area contributed by atoms with Crippen molar-refractivity contribution in [1.82, 2.24) is 0 Å². The molecule has 1 atom stereocenters. The minimum atomic E-state index is -3.32. The van der Waals surface area contributed by atoms with E-state index in [1.54, 1.807) is 0 Å². The van der Waals surface area contributed by atoms with Gasteiger partial charge in [-0.3, -0.25) is 14.4 Å². The third-order valence-electron chi connectivity index (χ3n) is 2.60. The summed E-state index contributed by atoms with van der Waals surface area (Å²) in [4.78, 5) is 33.3. The number of halogens is 2. The Morgan fingerprint density at radius 1 is 1.20 bits per heavy atom. The standard InChI is InChI=1S/C13H13F2NO4/c1-20-13(19)9(16)6-7-2-4-8(5-3-7)10(17)11(18)12(14)15/h2-5,9,12H,6,16H2,1H3/t9-/m0/s1. The van der Waals surface area contributed by atoms with E-state index in [4.69, 9.17) is 5.73 Å². The first-order chi connectivity index (χ1) is 9.36. The predicted molar refractivity (Wildman–Crippen MR) is 65.5 cm³/mol. The molecule has 1 aromatic carbocycles. The molecule has 0 saturated carbocycles. The third kappa shape index (κ3) is 3.92. The highest BCUT2D eigenvalue weighted by Gasteiger charge is 2.25. The molecule has 0 amide bonds. The van der Waals surface area contributed by atoms with E-state index in [0.717, 1.165) is 0 Å². The quantitative estimate of drug-likeness (QED) is 0.473. The fourth-order valence-electron chi connectivity index (χ4n) is 1.52. The van der Waals surface area contributed by atoms with Crippen molar-refractivity contribution in [2.45, 2.75) is 18.9 Å². The molecule has 0 aliphatic heterocycles. The molecule has 7 heteroatoms. The molecule has 0 unspecified atom stereocenters. The van der Waals surface area contributed by atoms with Gasteiger partial charge in [0.2, 0.25) is 5.78 Å². The summed E-state index contributed by atoms with van der Waals surface area (Å²) in [5, 5.41) is 0. The second-order valence-corrected chi connectivity index (χ2v) is 4.02. The van der Waals surface area contributed by atoms with Crippen molar-refractivity contribution in [1.29, 1.82) is 0 Å². The molecule has 2 N–H and O–H groups in total. The zero-order chi connectivity index (χ0) is 15.3. The molecule has 0 spiro atoms. The highest BCUT2D eigenvalue weighted by atomic mass is 19.3. The Bertz CT molecular complexity index is 514. The third-order valence-corrected chi connectivity index (χ3v) is 2.60. The van der Waals surface area contributed by atoms with E-state index in [0.29, 0.717) is 5.56 Å². The zero-order valence-corrected chi connectivity index (χ0v) is 10.6. The summed E-state index contributed by atoms with van der Waals surface area (Å²) in [6, 6.07) is 4.50. The molecule has 0 fully saturated rings. The predicted octanol–water partition coefficient (Wildman–Crippen LogP) is 0.746. The average molecular weight is 285 g/mol. The maximum atomic E-state index is 12.1.